The van der Waals surface area contributed by atoms with Gasteiger partial charge in [-0.15, -0.1) is 0 Å². The molecule has 3 rings (SSSR count). The van der Waals surface area contributed by atoms with Crippen LogP contribution in [0.5, 0.6) is 0 Å². The number of carbonyl (C=O) groups is 2. The number of hydrogen-bond donors (Lipinski definition) is 1. The fraction of sp³-hybridized carbons (Fsp3) is 0.294. The highest BCUT2D eigenvalue weighted by atomic mass is 16.2. The van der Waals surface area contributed by atoms with Crippen molar-refractivity contribution in [2.45, 2.75) is 13.3 Å². The molecule has 1 heterocycles. The second-order valence-corrected chi connectivity index (χ2v) is 5.30. The first-order chi connectivity index (χ1) is 10.2. The average Bonchev–Trinajstić information content (AvgIpc) is 2.89. The number of carbonyl (C=O) groups excluding carboxylic acids is 2. The van der Waals surface area contributed by atoms with Crippen molar-refractivity contribution in [2.75, 3.05) is 18.0 Å². The first-order valence-electron chi connectivity index (χ1n) is 7.26. The van der Waals surface area contributed by atoms with Crippen LogP contribution in [-0.4, -0.2) is 24.9 Å². The van der Waals surface area contributed by atoms with Gasteiger partial charge in [-0.3, -0.25) is 9.59 Å². The largest absolute Gasteiger partial charge is 0.356 e. The van der Waals surface area contributed by atoms with Crippen LogP contribution in [0.3, 0.4) is 0 Å². The zero-order valence-corrected chi connectivity index (χ0v) is 12.0. The highest BCUT2D eigenvalue weighted by Crippen LogP contribution is 2.31. The fourth-order valence-electron chi connectivity index (χ4n) is 2.88. The van der Waals surface area contributed by atoms with E-state index in [9.17, 15) is 9.59 Å². The van der Waals surface area contributed by atoms with Crippen LogP contribution in [0, 0.1) is 5.92 Å². The third-order valence-electron chi connectivity index (χ3n) is 3.90. The van der Waals surface area contributed by atoms with Gasteiger partial charge in [-0.25, -0.2) is 0 Å². The lowest BCUT2D eigenvalue weighted by Gasteiger charge is -2.19. The predicted octanol–water partition coefficient (Wildman–Crippen LogP) is 2.33. The van der Waals surface area contributed by atoms with Gasteiger partial charge in [0.05, 0.1) is 11.6 Å². The van der Waals surface area contributed by atoms with Gasteiger partial charge >= 0.3 is 0 Å². The molecule has 1 unspecified atom stereocenters. The molecule has 0 aromatic heterocycles. The predicted molar refractivity (Wildman–Crippen MR) is 83.1 cm³/mol. The zero-order chi connectivity index (χ0) is 14.8. The van der Waals surface area contributed by atoms with Gasteiger partial charge < -0.3 is 10.2 Å². The van der Waals surface area contributed by atoms with E-state index in [1.807, 2.05) is 49.4 Å². The van der Waals surface area contributed by atoms with Gasteiger partial charge in [0, 0.05) is 24.9 Å². The van der Waals surface area contributed by atoms with Crippen LogP contribution in [0.4, 0.5) is 5.69 Å². The molecule has 2 aromatic carbocycles. The summed E-state index contributed by atoms with van der Waals surface area (Å²) in [7, 11) is 0. The molecule has 0 saturated carbocycles. The highest BCUT2D eigenvalue weighted by Gasteiger charge is 2.35. The quantitative estimate of drug-likeness (QED) is 0.939. The van der Waals surface area contributed by atoms with Gasteiger partial charge in [0.15, 0.2) is 0 Å². The van der Waals surface area contributed by atoms with Crippen LogP contribution >= 0.6 is 0 Å². The summed E-state index contributed by atoms with van der Waals surface area (Å²) in [5.74, 6) is -0.271. The lowest BCUT2D eigenvalue weighted by atomic mass is 10.1. The molecule has 1 saturated heterocycles. The van der Waals surface area contributed by atoms with Gasteiger partial charge in [0.2, 0.25) is 11.8 Å². The van der Waals surface area contributed by atoms with E-state index in [2.05, 4.69) is 5.32 Å². The lowest BCUT2D eigenvalue weighted by Crippen LogP contribution is -2.32. The third-order valence-corrected chi connectivity index (χ3v) is 3.90. The summed E-state index contributed by atoms with van der Waals surface area (Å²) < 4.78 is 0. The SMILES string of the molecule is CCNC(=O)C1CC(=O)N(c2cccc3ccccc23)C1. The average molecular weight is 282 g/mol. The van der Waals surface area contributed by atoms with Crippen LogP contribution in [0.25, 0.3) is 10.8 Å². The minimum atomic E-state index is -0.253. The molecular formula is C17H18N2O2. The second-order valence-electron chi connectivity index (χ2n) is 5.30. The molecule has 1 fully saturated rings. The lowest BCUT2D eigenvalue weighted by molar-refractivity contribution is -0.126. The summed E-state index contributed by atoms with van der Waals surface area (Å²) in [6, 6.07) is 13.9. The van der Waals surface area contributed by atoms with Crippen LogP contribution in [0.2, 0.25) is 0 Å². The molecule has 1 atom stereocenters. The molecule has 1 aliphatic rings. The van der Waals surface area contributed by atoms with Gasteiger partial charge in [0.1, 0.15) is 0 Å². The Labute approximate surface area is 123 Å². The number of anilines is 1. The van der Waals surface area contributed by atoms with Crippen molar-refractivity contribution in [3.8, 4) is 0 Å². The van der Waals surface area contributed by atoms with Gasteiger partial charge in [0.25, 0.3) is 0 Å². The van der Waals surface area contributed by atoms with Crippen LogP contribution < -0.4 is 10.2 Å². The number of amides is 2. The van der Waals surface area contributed by atoms with Crippen molar-refractivity contribution >= 4 is 28.3 Å². The van der Waals surface area contributed by atoms with Crippen molar-refractivity contribution in [2.24, 2.45) is 5.92 Å². The molecule has 1 N–H and O–H groups in total. The normalized spacial score (nSPS) is 18.2. The zero-order valence-electron chi connectivity index (χ0n) is 12.0. The second kappa shape index (κ2) is 5.56. The van der Waals surface area contributed by atoms with Crippen LogP contribution in [-0.2, 0) is 9.59 Å². The molecule has 108 valence electrons. The van der Waals surface area contributed by atoms with Gasteiger partial charge in [-0.2, -0.15) is 0 Å². The Morgan fingerprint density at radius 1 is 1.24 bits per heavy atom. The summed E-state index contributed by atoms with van der Waals surface area (Å²) in [4.78, 5) is 26.0. The van der Waals surface area contributed by atoms with E-state index in [1.165, 1.54) is 0 Å². The van der Waals surface area contributed by atoms with Crippen molar-refractivity contribution in [3.63, 3.8) is 0 Å². The molecule has 4 heteroatoms. The van der Waals surface area contributed by atoms with E-state index >= 15 is 0 Å². The molecule has 21 heavy (non-hydrogen) atoms. The first-order valence-corrected chi connectivity index (χ1v) is 7.26. The fourth-order valence-corrected chi connectivity index (χ4v) is 2.88. The standard InChI is InChI=1S/C17H18N2O2/c1-2-18-17(21)13-10-16(20)19(11-13)15-9-5-7-12-6-3-4-8-14(12)15/h3-9,13H,2,10-11H2,1H3,(H,18,21). The van der Waals surface area contributed by atoms with E-state index in [4.69, 9.17) is 0 Å². The van der Waals surface area contributed by atoms with Crippen molar-refractivity contribution in [1.29, 1.82) is 0 Å². The number of fused-ring (bicyclic) bond motifs is 1. The summed E-state index contributed by atoms with van der Waals surface area (Å²) in [5, 5.41) is 4.95. The highest BCUT2D eigenvalue weighted by molar-refractivity contribution is 6.06. The van der Waals surface area contributed by atoms with E-state index in [0.29, 0.717) is 13.1 Å². The maximum absolute atomic E-state index is 12.3. The molecule has 2 amide bonds. The topological polar surface area (TPSA) is 49.4 Å². The number of rotatable bonds is 3. The Balaban J connectivity index is 1.93. The van der Waals surface area contributed by atoms with Crippen molar-refractivity contribution in [1.82, 2.24) is 5.32 Å². The van der Waals surface area contributed by atoms with Gasteiger partial charge in [-0.1, -0.05) is 36.4 Å². The van der Waals surface area contributed by atoms with Crippen LogP contribution in [0.15, 0.2) is 42.5 Å². The molecule has 1 aliphatic heterocycles. The van der Waals surface area contributed by atoms with E-state index in [1.54, 1.807) is 4.90 Å². The maximum atomic E-state index is 12.3. The smallest absolute Gasteiger partial charge is 0.227 e. The van der Waals surface area contributed by atoms with Gasteiger partial charge in [-0.05, 0) is 18.4 Å². The number of benzene rings is 2. The minimum absolute atomic E-state index is 0.0163. The summed E-state index contributed by atoms with van der Waals surface area (Å²) in [5.41, 5.74) is 0.893. The van der Waals surface area contributed by atoms with E-state index in [0.717, 1.165) is 16.5 Å². The minimum Gasteiger partial charge on any atom is -0.356 e. The first kappa shape index (κ1) is 13.6. The van der Waals surface area contributed by atoms with E-state index < -0.39 is 0 Å². The number of nitrogens with one attached hydrogen (secondary N) is 1. The molecule has 0 radical (unpaired) electrons. The number of nitrogens with zero attached hydrogens (tertiary/aromatic N) is 1. The van der Waals surface area contributed by atoms with E-state index in [-0.39, 0.29) is 24.2 Å². The Hall–Kier alpha value is -2.36. The van der Waals surface area contributed by atoms with Crippen molar-refractivity contribution in [3.05, 3.63) is 42.5 Å². The maximum Gasteiger partial charge on any atom is 0.227 e. The molecule has 4 nitrogen and oxygen atoms in total. The summed E-state index contributed by atoms with van der Waals surface area (Å²) in [6.45, 7) is 2.94. The third kappa shape index (κ3) is 2.49. The Kier molecular flexibility index (Phi) is 3.60. The monoisotopic (exact) mass is 282 g/mol. The number of hydrogen-bond acceptors (Lipinski definition) is 2. The molecule has 0 aliphatic carbocycles. The van der Waals surface area contributed by atoms with Crippen molar-refractivity contribution < 1.29 is 9.59 Å². The van der Waals surface area contributed by atoms with Crippen LogP contribution in [0.1, 0.15) is 13.3 Å². The summed E-state index contributed by atoms with van der Waals surface area (Å²) >= 11 is 0. The Morgan fingerprint density at radius 2 is 2.00 bits per heavy atom. The Morgan fingerprint density at radius 3 is 2.81 bits per heavy atom. The molecule has 0 spiro atoms. The molecular weight excluding hydrogens is 264 g/mol. The molecule has 0 bridgehead atoms. The Bertz CT molecular complexity index is 691. The molecule has 2 aromatic rings. The summed E-state index contributed by atoms with van der Waals surface area (Å²) in [6.07, 6.45) is 0.287.